The predicted octanol–water partition coefficient (Wildman–Crippen LogP) is 9.58. The van der Waals surface area contributed by atoms with Gasteiger partial charge in [0, 0.05) is 0 Å². The van der Waals surface area contributed by atoms with E-state index in [1.54, 1.807) is 6.07 Å². The lowest BCUT2D eigenvalue weighted by atomic mass is 9.51. The van der Waals surface area contributed by atoms with Crippen molar-refractivity contribution in [2.24, 2.45) is 11.8 Å². The van der Waals surface area contributed by atoms with E-state index in [1.165, 1.54) is 55.0 Å². The Labute approximate surface area is 245 Å². The number of carbonyl (C=O) groups is 2. The van der Waals surface area contributed by atoms with Crippen LogP contribution in [-0.2, 0) is 10.8 Å². The average molecular weight is 557 g/mol. The van der Waals surface area contributed by atoms with Crippen molar-refractivity contribution in [3.63, 3.8) is 0 Å². The molecule has 0 aromatic heterocycles. The van der Waals surface area contributed by atoms with Crippen LogP contribution in [0.4, 0.5) is 0 Å². The normalized spacial score (nSPS) is 28.9. The highest BCUT2D eigenvalue weighted by Crippen LogP contribution is 2.62. The van der Waals surface area contributed by atoms with E-state index in [0.717, 1.165) is 88.1 Å². The van der Waals surface area contributed by atoms with Crippen LogP contribution < -0.4 is 0 Å². The highest BCUT2D eigenvalue weighted by molar-refractivity contribution is 6.36. The third-order valence-electron chi connectivity index (χ3n) is 12.6. The van der Waals surface area contributed by atoms with Crippen LogP contribution in [0.3, 0.4) is 0 Å². The number of fused-ring (bicyclic) bond motifs is 8. The molecule has 11 rings (SSSR count). The second-order valence-electron chi connectivity index (χ2n) is 14.3. The van der Waals surface area contributed by atoms with Crippen LogP contribution >= 0.6 is 0 Å². The SMILES string of the molecule is O=C(O)c1ccc2c3c(C45CCC(CC4)CC5)c(C45CCC(CC4)CC5)c(C(=O)O)c4cccc(c5cccc1c52)c43. The number of hydrogen-bond acceptors (Lipinski definition) is 2. The number of carboxylic acid groups (broad SMARTS) is 2. The lowest BCUT2D eigenvalue weighted by Gasteiger charge is -2.53. The van der Waals surface area contributed by atoms with Crippen LogP contribution in [0.15, 0.2) is 48.5 Å². The average Bonchev–Trinajstić information content (AvgIpc) is 3.04. The van der Waals surface area contributed by atoms with Crippen LogP contribution in [0.5, 0.6) is 0 Å². The van der Waals surface area contributed by atoms with E-state index in [4.69, 9.17) is 0 Å². The summed E-state index contributed by atoms with van der Waals surface area (Å²) in [5.74, 6) is -0.116. The second kappa shape index (κ2) is 8.46. The molecule has 42 heavy (non-hydrogen) atoms. The Hall–Kier alpha value is -3.66. The van der Waals surface area contributed by atoms with Crippen molar-refractivity contribution in [1.82, 2.24) is 0 Å². The predicted molar refractivity (Wildman–Crippen MR) is 167 cm³/mol. The molecule has 4 bridgehead atoms. The molecule has 0 aliphatic heterocycles. The van der Waals surface area contributed by atoms with Gasteiger partial charge in [0.1, 0.15) is 0 Å². The Morgan fingerprint density at radius 1 is 0.524 bits per heavy atom. The molecule has 6 fully saturated rings. The van der Waals surface area contributed by atoms with Gasteiger partial charge in [-0.25, -0.2) is 9.59 Å². The van der Waals surface area contributed by atoms with Gasteiger partial charge in [0.15, 0.2) is 0 Å². The molecule has 0 amide bonds. The van der Waals surface area contributed by atoms with Crippen molar-refractivity contribution in [3.05, 3.63) is 70.8 Å². The summed E-state index contributed by atoms with van der Waals surface area (Å²) >= 11 is 0. The highest BCUT2D eigenvalue weighted by Gasteiger charge is 2.51. The van der Waals surface area contributed by atoms with Gasteiger partial charge in [0.25, 0.3) is 0 Å². The maximum atomic E-state index is 13.6. The number of benzene rings is 5. The molecule has 0 heterocycles. The Morgan fingerprint density at radius 3 is 1.57 bits per heavy atom. The fourth-order valence-corrected chi connectivity index (χ4v) is 10.6. The number of hydrogen-bond donors (Lipinski definition) is 2. The fraction of sp³-hybridized carbons (Fsp3) is 0.421. The van der Waals surface area contributed by atoms with Gasteiger partial charge in [0.2, 0.25) is 0 Å². The van der Waals surface area contributed by atoms with Crippen LogP contribution in [0.25, 0.3) is 43.1 Å². The highest BCUT2D eigenvalue weighted by atomic mass is 16.4. The monoisotopic (exact) mass is 556 g/mol. The van der Waals surface area contributed by atoms with Crippen molar-refractivity contribution in [1.29, 1.82) is 0 Å². The minimum Gasteiger partial charge on any atom is -0.478 e. The largest absolute Gasteiger partial charge is 0.478 e. The summed E-state index contributed by atoms with van der Waals surface area (Å²) in [5.41, 5.74) is 3.28. The van der Waals surface area contributed by atoms with Gasteiger partial charge >= 0.3 is 11.9 Å². The molecule has 0 atom stereocenters. The van der Waals surface area contributed by atoms with E-state index in [9.17, 15) is 19.8 Å². The number of carboxylic acids is 2. The lowest BCUT2D eigenvalue weighted by molar-refractivity contribution is 0.0680. The molecular weight excluding hydrogens is 520 g/mol. The van der Waals surface area contributed by atoms with E-state index >= 15 is 0 Å². The molecule has 4 heteroatoms. The van der Waals surface area contributed by atoms with Gasteiger partial charge in [0.05, 0.1) is 11.1 Å². The summed E-state index contributed by atoms with van der Waals surface area (Å²) in [6.45, 7) is 0. The fourth-order valence-electron chi connectivity index (χ4n) is 10.6. The molecule has 5 aromatic rings. The molecule has 6 saturated carbocycles. The first-order valence-electron chi connectivity index (χ1n) is 16.1. The molecule has 0 radical (unpaired) electrons. The zero-order valence-electron chi connectivity index (χ0n) is 24.0. The lowest BCUT2D eigenvalue weighted by Crippen LogP contribution is -2.44. The molecule has 2 N–H and O–H groups in total. The van der Waals surface area contributed by atoms with Crippen LogP contribution in [0.1, 0.15) is 109 Å². The zero-order chi connectivity index (χ0) is 28.4. The maximum absolute atomic E-state index is 13.6. The Morgan fingerprint density at radius 2 is 1.02 bits per heavy atom. The molecular formula is C38H36O4. The summed E-state index contributed by atoms with van der Waals surface area (Å²) in [4.78, 5) is 26.0. The van der Waals surface area contributed by atoms with E-state index in [0.29, 0.717) is 11.1 Å². The maximum Gasteiger partial charge on any atom is 0.336 e. The van der Waals surface area contributed by atoms with Crippen molar-refractivity contribution in [3.8, 4) is 0 Å². The van der Waals surface area contributed by atoms with E-state index in [2.05, 4.69) is 18.2 Å². The van der Waals surface area contributed by atoms with Crippen LogP contribution in [0, 0.1) is 11.8 Å². The Balaban J connectivity index is 1.57. The molecule has 212 valence electrons. The Bertz CT molecular complexity index is 1940. The molecule has 6 aliphatic carbocycles. The minimum atomic E-state index is -0.910. The van der Waals surface area contributed by atoms with Gasteiger partial charge in [-0.05, 0) is 160 Å². The summed E-state index contributed by atoms with van der Waals surface area (Å²) in [5, 5.41) is 29.4. The number of rotatable bonds is 4. The quantitative estimate of drug-likeness (QED) is 0.171. The second-order valence-corrected chi connectivity index (χ2v) is 14.3. The first kappa shape index (κ1) is 24.9. The first-order chi connectivity index (χ1) is 20.4. The molecule has 0 unspecified atom stereocenters. The smallest absolute Gasteiger partial charge is 0.336 e. The van der Waals surface area contributed by atoms with E-state index in [1.807, 2.05) is 24.3 Å². The summed E-state index contributed by atoms with van der Waals surface area (Å²) in [6.07, 6.45) is 13.9. The minimum absolute atomic E-state index is 0.0297. The molecule has 0 saturated heterocycles. The van der Waals surface area contributed by atoms with Gasteiger partial charge in [-0.15, -0.1) is 0 Å². The van der Waals surface area contributed by atoms with Crippen molar-refractivity contribution >= 4 is 55.0 Å². The van der Waals surface area contributed by atoms with Crippen molar-refractivity contribution in [2.45, 2.75) is 87.9 Å². The molecule has 4 nitrogen and oxygen atoms in total. The summed E-state index contributed by atoms with van der Waals surface area (Å²) in [6, 6.07) is 16.0. The van der Waals surface area contributed by atoms with E-state index in [-0.39, 0.29) is 10.8 Å². The molecule has 5 aromatic carbocycles. The van der Waals surface area contributed by atoms with Crippen LogP contribution in [-0.4, -0.2) is 22.2 Å². The first-order valence-corrected chi connectivity index (χ1v) is 16.1. The van der Waals surface area contributed by atoms with Gasteiger partial charge < -0.3 is 10.2 Å². The van der Waals surface area contributed by atoms with Gasteiger partial charge in [-0.3, -0.25) is 0 Å². The molecule has 6 aliphatic rings. The summed E-state index contributed by atoms with van der Waals surface area (Å²) in [7, 11) is 0. The van der Waals surface area contributed by atoms with E-state index < -0.39 is 11.9 Å². The number of aromatic carboxylic acids is 2. The molecule has 0 spiro atoms. The van der Waals surface area contributed by atoms with Crippen LogP contribution in [0.2, 0.25) is 0 Å². The van der Waals surface area contributed by atoms with Crippen molar-refractivity contribution < 1.29 is 19.8 Å². The zero-order valence-corrected chi connectivity index (χ0v) is 24.0. The third-order valence-corrected chi connectivity index (χ3v) is 12.6. The van der Waals surface area contributed by atoms with Gasteiger partial charge in [-0.1, -0.05) is 42.5 Å². The third kappa shape index (κ3) is 3.08. The van der Waals surface area contributed by atoms with Crippen molar-refractivity contribution in [2.75, 3.05) is 0 Å². The topological polar surface area (TPSA) is 74.6 Å². The van der Waals surface area contributed by atoms with Gasteiger partial charge in [-0.2, -0.15) is 0 Å². The standard InChI is InChI=1S/C38H36O4/c39-35(40)26-7-8-28-29-23(3-1-5-25(26)29)24-4-2-6-27-30(24)31(28)33(37-15-9-21(10-16-37)11-17-37)34(32(27)36(41)42)38-18-12-22(13-19-38)14-20-38/h1-8,21-22H,9-20H2,(H,39,40)(H,41,42). The summed E-state index contributed by atoms with van der Waals surface area (Å²) < 4.78 is 0. The Kier molecular flexibility index (Phi) is 5.02.